The number of carbonyl (C=O) groups excluding carboxylic acids is 1. The second-order valence-corrected chi connectivity index (χ2v) is 5.00. The van der Waals surface area contributed by atoms with E-state index in [9.17, 15) is 4.79 Å². The number of amides is 1. The van der Waals surface area contributed by atoms with Crippen LogP contribution >= 0.6 is 11.3 Å². The average Bonchev–Trinajstić information content (AvgIpc) is 2.88. The molecule has 0 unspecified atom stereocenters. The first-order chi connectivity index (χ1) is 7.27. The Balaban J connectivity index is 1.89. The van der Waals surface area contributed by atoms with Gasteiger partial charge in [0.1, 0.15) is 0 Å². The average molecular weight is 224 g/mol. The molecule has 0 saturated carbocycles. The van der Waals surface area contributed by atoms with Gasteiger partial charge in [-0.2, -0.15) is 0 Å². The van der Waals surface area contributed by atoms with Crippen LogP contribution in [-0.2, 0) is 11.3 Å². The van der Waals surface area contributed by atoms with Gasteiger partial charge in [-0.1, -0.05) is 6.07 Å². The Hall–Kier alpha value is -0.870. The molecule has 1 amide bonds. The highest BCUT2D eigenvalue weighted by molar-refractivity contribution is 7.09. The summed E-state index contributed by atoms with van der Waals surface area (Å²) < 4.78 is 0. The summed E-state index contributed by atoms with van der Waals surface area (Å²) in [6.07, 6.45) is 0.980. The summed E-state index contributed by atoms with van der Waals surface area (Å²) in [6.45, 7) is 2.56. The van der Waals surface area contributed by atoms with Gasteiger partial charge in [-0.05, 0) is 24.4 Å². The Morgan fingerprint density at radius 2 is 2.60 bits per heavy atom. The third-order valence-corrected chi connectivity index (χ3v) is 3.62. The summed E-state index contributed by atoms with van der Waals surface area (Å²) in [5.74, 6) is 0.461. The minimum Gasteiger partial charge on any atom is -0.340 e. The van der Waals surface area contributed by atoms with Crippen molar-refractivity contribution in [2.45, 2.75) is 13.0 Å². The van der Waals surface area contributed by atoms with Crippen LogP contribution in [0.2, 0.25) is 0 Å². The van der Waals surface area contributed by atoms with Crippen molar-refractivity contribution in [2.75, 3.05) is 20.1 Å². The van der Waals surface area contributed by atoms with Crippen molar-refractivity contribution >= 4 is 17.2 Å². The Morgan fingerprint density at radius 1 is 1.73 bits per heavy atom. The first kappa shape index (κ1) is 10.6. The summed E-state index contributed by atoms with van der Waals surface area (Å²) in [4.78, 5) is 15.0. The zero-order valence-electron chi connectivity index (χ0n) is 8.90. The molecule has 1 aliphatic heterocycles. The van der Waals surface area contributed by atoms with Crippen LogP contribution in [-0.4, -0.2) is 30.9 Å². The lowest BCUT2D eigenvalue weighted by Gasteiger charge is -2.19. The van der Waals surface area contributed by atoms with E-state index in [1.54, 1.807) is 11.3 Å². The molecule has 1 N–H and O–H groups in total. The molecule has 1 aromatic heterocycles. The Bertz CT molecular complexity index is 317. The topological polar surface area (TPSA) is 32.3 Å². The maximum atomic E-state index is 12.0. The molecule has 4 heteroatoms. The zero-order valence-corrected chi connectivity index (χ0v) is 9.72. The quantitative estimate of drug-likeness (QED) is 0.839. The van der Waals surface area contributed by atoms with Gasteiger partial charge in [0.05, 0.1) is 12.5 Å². The maximum Gasteiger partial charge on any atom is 0.227 e. The van der Waals surface area contributed by atoms with Crippen LogP contribution in [0.1, 0.15) is 11.3 Å². The number of carbonyl (C=O) groups is 1. The molecule has 0 radical (unpaired) electrons. The van der Waals surface area contributed by atoms with Gasteiger partial charge in [-0.3, -0.25) is 4.79 Å². The molecule has 3 nitrogen and oxygen atoms in total. The van der Waals surface area contributed by atoms with E-state index in [1.165, 1.54) is 4.88 Å². The van der Waals surface area contributed by atoms with Crippen molar-refractivity contribution in [3.05, 3.63) is 22.4 Å². The summed E-state index contributed by atoms with van der Waals surface area (Å²) in [5.41, 5.74) is 0. The molecule has 2 rings (SSSR count). The Morgan fingerprint density at radius 3 is 3.20 bits per heavy atom. The van der Waals surface area contributed by atoms with E-state index in [-0.39, 0.29) is 11.8 Å². The monoisotopic (exact) mass is 224 g/mol. The summed E-state index contributed by atoms with van der Waals surface area (Å²) in [5, 5.41) is 5.27. The van der Waals surface area contributed by atoms with Gasteiger partial charge < -0.3 is 10.2 Å². The second-order valence-electron chi connectivity index (χ2n) is 3.96. The number of thiophene rings is 1. The molecule has 2 heterocycles. The fourth-order valence-electron chi connectivity index (χ4n) is 1.89. The smallest absolute Gasteiger partial charge is 0.227 e. The van der Waals surface area contributed by atoms with Crippen molar-refractivity contribution in [1.29, 1.82) is 0 Å². The van der Waals surface area contributed by atoms with Crippen LogP contribution in [0.25, 0.3) is 0 Å². The molecule has 0 spiro atoms. The predicted octanol–water partition coefficient (Wildman–Crippen LogP) is 1.32. The van der Waals surface area contributed by atoms with E-state index in [1.807, 2.05) is 23.4 Å². The van der Waals surface area contributed by atoms with Crippen molar-refractivity contribution in [2.24, 2.45) is 5.92 Å². The van der Waals surface area contributed by atoms with Crippen molar-refractivity contribution < 1.29 is 4.79 Å². The molecule has 1 fully saturated rings. The van der Waals surface area contributed by atoms with E-state index in [0.717, 1.165) is 26.1 Å². The number of nitrogens with one attached hydrogen (secondary N) is 1. The second kappa shape index (κ2) is 4.77. The molecule has 1 saturated heterocycles. The molecular formula is C11H16N2OS. The highest BCUT2D eigenvalue weighted by Gasteiger charge is 2.25. The van der Waals surface area contributed by atoms with Gasteiger partial charge in [-0.15, -0.1) is 11.3 Å². The first-order valence-corrected chi connectivity index (χ1v) is 6.13. The third-order valence-electron chi connectivity index (χ3n) is 2.76. The Labute approximate surface area is 94.1 Å². The molecule has 1 aliphatic rings. The van der Waals surface area contributed by atoms with Gasteiger partial charge >= 0.3 is 0 Å². The van der Waals surface area contributed by atoms with Crippen LogP contribution < -0.4 is 5.32 Å². The van der Waals surface area contributed by atoms with Gasteiger partial charge in [0.15, 0.2) is 0 Å². The maximum absolute atomic E-state index is 12.0. The molecule has 0 aromatic carbocycles. The van der Waals surface area contributed by atoms with Crippen molar-refractivity contribution in [3.63, 3.8) is 0 Å². The van der Waals surface area contributed by atoms with Crippen LogP contribution in [0.15, 0.2) is 17.5 Å². The summed E-state index contributed by atoms with van der Waals surface area (Å²) in [6, 6.07) is 4.09. The van der Waals surface area contributed by atoms with Crippen molar-refractivity contribution in [1.82, 2.24) is 10.2 Å². The minimum absolute atomic E-state index is 0.190. The summed E-state index contributed by atoms with van der Waals surface area (Å²) in [7, 11) is 1.89. The Kier molecular flexibility index (Phi) is 3.38. The fourth-order valence-corrected chi connectivity index (χ4v) is 2.65. The molecule has 82 valence electrons. The molecule has 0 bridgehead atoms. The molecule has 1 aromatic rings. The van der Waals surface area contributed by atoms with Crippen LogP contribution in [0.5, 0.6) is 0 Å². The normalized spacial score (nSPS) is 20.5. The van der Waals surface area contributed by atoms with E-state index in [4.69, 9.17) is 0 Å². The highest BCUT2D eigenvalue weighted by Crippen LogP contribution is 2.15. The standard InChI is InChI=1S/C11H16N2OS/c1-13(8-10-3-2-6-15-10)11(14)9-4-5-12-7-9/h2-3,6,9,12H,4-5,7-8H2,1H3/t9-/m0/s1. The number of nitrogens with zero attached hydrogens (tertiary/aromatic N) is 1. The van der Waals surface area contributed by atoms with Gasteiger partial charge in [-0.25, -0.2) is 0 Å². The van der Waals surface area contributed by atoms with Crippen LogP contribution in [0, 0.1) is 5.92 Å². The van der Waals surface area contributed by atoms with E-state index in [2.05, 4.69) is 11.4 Å². The van der Waals surface area contributed by atoms with Crippen LogP contribution in [0.3, 0.4) is 0 Å². The lowest BCUT2D eigenvalue weighted by Crippen LogP contribution is -2.33. The summed E-state index contributed by atoms with van der Waals surface area (Å²) >= 11 is 1.70. The van der Waals surface area contributed by atoms with E-state index < -0.39 is 0 Å². The van der Waals surface area contributed by atoms with E-state index in [0.29, 0.717) is 0 Å². The molecule has 15 heavy (non-hydrogen) atoms. The number of hydrogen-bond acceptors (Lipinski definition) is 3. The lowest BCUT2D eigenvalue weighted by atomic mass is 10.1. The number of rotatable bonds is 3. The molecule has 0 aliphatic carbocycles. The first-order valence-electron chi connectivity index (χ1n) is 5.25. The minimum atomic E-state index is 0.190. The van der Waals surface area contributed by atoms with Crippen LogP contribution in [0.4, 0.5) is 0 Å². The predicted molar refractivity (Wildman–Crippen MR) is 61.8 cm³/mol. The van der Waals surface area contributed by atoms with E-state index >= 15 is 0 Å². The van der Waals surface area contributed by atoms with Crippen molar-refractivity contribution in [3.8, 4) is 0 Å². The number of hydrogen-bond donors (Lipinski definition) is 1. The van der Waals surface area contributed by atoms with Gasteiger partial charge in [0.25, 0.3) is 0 Å². The molecule has 1 atom stereocenters. The third kappa shape index (κ3) is 2.58. The fraction of sp³-hybridized carbons (Fsp3) is 0.545. The SMILES string of the molecule is CN(Cc1cccs1)C(=O)[C@H]1CCNC1. The van der Waals surface area contributed by atoms with Gasteiger partial charge in [0.2, 0.25) is 5.91 Å². The molecular weight excluding hydrogens is 208 g/mol. The lowest BCUT2D eigenvalue weighted by molar-refractivity contribution is -0.134. The zero-order chi connectivity index (χ0) is 10.7. The van der Waals surface area contributed by atoms with Gasteiger partial charge in [0, 0.05) is 18.5 Å². The largest absolute Gasteiger partial charge is 0.340 e. The highest BCUT2D eigenvalue weighted by atomic mass is 32.1.